The third-order valence-corrected chi connectivity index (χ3v) is 2.91. The number of allylic oxidation sites excluding steroid dienone is 2. The molecule has 1 aliphatic heterocycles. The normalized spacial score (nSPS) is 14.5. The first-order chi connectivity index (χ1) is 9.20. The van der Waals surface area contributed by atoms with Gasteiger partial charge in [0.15, 0.2) is 0 Å². The summed E-state index contributed by atoms with van der Waals surface area (Å²) < 4.78 is 4.98. The monoisotopic (exact) mass is 278 g/mol. The molecule has 1 N–H and O–H groups in total. The first-order valence-electron chi connectivity index (χ1n) is 6.03. The van der Waals surface area contributed by atoms with Crippen molar-refractivity contribution in [1.29, 1.82) is 0 Å². The second-order valence-corrected chi connectivity index (χ2v) is 4.35. The summed E-state index contributed by atoms with van der Waals surface area (Å²) in [4.78, 5) is 11.7. The van der Waals surface area contributed by atoms with Gasteiger partial charge in [-0.15, -0.1) is 0 Å². The minimum absolute atomic E-state index is 0.317. The number of carbonyl (C=O) groups is 1. The largest absolute Gasteiger partial charge is 0.463 e. The average molecular weight is 279 g/mol. The van der Waals surface area contributed by atoms with Gasteiger partial charge in [0.1, 0.15) is 5.16 Å². The lowest BCUT2D eigenvalue weighted by molar-refractivity contribution is -0.138. The van der Waals surface area contributed by atoms with E-state index in [4.69, 9.17) is 16.3 Å². The fourth-order valence-corrected chi connectivity index (χ4v) is 1.84. The van der Waals surface area contributed by atoms with Crippen LogP contribution in [0.15, 0.2) is 53.2 Å². The van der Waals surface area contributed by atoms with Gasteiger partial charge in [-0.3, -0.25) is 10.4 Å². The van der Waals surface area contributed by atoms with Gasteiger partial charge in [-0.25, -0.2) is 4.79 Å². The lowest BCUT2D eigenvalue weighted by atomic mass is 10.2. The fraction of sp³-hybridized carbons (Fsp3) is 0.214. The average Bonchev–Trinajstić information content (AvgIpc) is 2.42. The highest BCUT2D eigenvalue weighted by Gasteiger charge is 2.19. The highest BCUT2D eigenvalue weighted by molar-refractivity contribution is 6.29. The van der Waals surface area contributed by atoms with Crippen LogP contribution in [-0.4, -0.2) is 24.1 Å². The fourth-order valence-electron chi connectivity index (χ4n) is 1.68. The molecule has 4 nitrogen and oxygen atoms in total. The molecule has 0 atom stereocenters. The highest BCUT2D eigenvalue weighted by Crippen LogP contribution is 2.20. The van der Waals surface area contributed by atoms with Crippen molar-refractivity contribution in [3.05, 3.63) is 53.2 Å². The first kappa shape index (κ1) is 13.5. The number of hydrogen-bond acceptors (Lipinski definition) is 4. The second kappa shape index (κ2) is 6.29. The standard InChI is InChI=1S/C14H15ClN2O2/c1-2-19-14(18)11-8-9-13(15)17(10-11)16-12-6-4-3-5-7-12/h3-9,16H,2,10H2,1H3. The summed E-state index contributed by atoms with van der Waals surface area (Å²) in [6, 6.07) is 9.62. The smallest absolute Gasteiger partial charge is 0.335 e. The Kier molecular flexibility index (Phi) is 4.47. The molecule has 1 aromatic rings. The number of para-hydroxylation sites is 1. The third kappa shape index (κ3) is 3.51. The highest BCUT2D eigenvalue weighted by atomic mass is 35.5. The maximum Gasteiger partial charge on any atom is 0.335 e. The van der Waals surface area contributed by atoms with E-state index in [1.54, 1.807) is 24.1 Å². The molecule has 1 aliphatic rings. The molecule has 100 valence electrons. The molecule has 0 fully saturated rings. The van der Waals surface area contributed by atoms with Crippen molar-refractivity contribution >= 4 is 23.3 Å². The van der Waals surface area contributed by atoms with Gasteiger partial charge in [0, 0.05) is 0 Å². The number of halogens is 1. The summed E-state index contributed by atoms with van der Waals surface area (Å²) in [6.07, 6.45) is 3.36. The Morgan fingerprint density at radius 3 is 2.79 bits per heavy atom. The Morgan fingerprint density at radius 1 is 1.37 bits per heavy atom. The molecule has 0 aromatic heterocycles. The maximum absolute atomic E-state index is 11.7. The number of ether oxygens (including phenoxy) is 1. The van der Waals surface area contributed by atoms with Crippen molar-refractivity contribution in [3.8, 4) is 0 Å². The van der Waals surface area contributed by atoms with Gasteiger partial charge in [0.05, 0.1) is 24.4 Å². The van der Waals surface area contributed by atoms with Crippen LogP contribution in [0.3, 0.4) is 0 Å². The minimum atomic E-state index is -0.317. The van der Waals surface area contributed by atoms with Crippen LogP contribution in [0.25, 0.3) is 0 Å². The summed E-state index contributed by atoms with van der Waals surface area (Å²) in [6.45, 7) is 2.51. The zero-order valence-corrected chi connectivity index (χ0v) is 11.4. The number of hydrogen-bond donors (Lipinski definition) is 1. The van der Waals surface area contributed by atoms with Crippen molar-refractivity contribution < 1.29 is 9.53 Å². The Hall–Kier alpha value is -1.94. The van der Waals surface area contributed by atoms with Crippen LogP contribution >= 0.6 is 11.6 Å². The Morgan fingerprint density at radius 2 is 2.11 bits per heavy atom. The number of esters is 1. The van der Waals surface area contributed by atoms with Crippen LogP contribution < -0.4 is 5.43 Å². The van der Waals surface area contributed by atoms with Crippen molar-refractivity contribution in [2.24, 2.45) is 0 Å². The minimum Gasteiger partial charge on any atom is -0.463 e. The molecule has 0 saturated heterocycles. The SMILES string of the molecule is CCOC(=O)C1=CC=C(Cl)N(Nc2ccccc2)C1. The van der Waals surface area contributed by atoms with Crippen molar-refractivity contribution in [1.82, 2.24) is 5.01 Å². The molecule has 1 heterocycles. The van der Waals surface area contributed by atoms with E-state index >= 15 is 0 Å². The number of carbonyl (C=O) groups excluding carboxylic acids is 1. The van der Waals surface area contributed by atoms with Crippen molar-refractivity contribution in [2.75, 3.05) is 18.6 Å². The van der Waals surface area contributed by atoms with Gasteiger partial charge < -0.3 is 4.74 Å². The van der Waals surface area contributed by atoms with Crippen molar-refractivity contribution in [2.45, 2.75) is 6.92 Å². The van der Waals surface area contributed by atoms with Crippen LogP contribution in [0.4, 0.5) is 5.69 Å². The van der Waals surface area contributed by atoms with Gasteiger partial charge in [-0.2, -0.15) is 0 Å². The number of nitrogens with one attached hydrogen (secondary N) is 1. The summed E-state index contributed by atoms with van der Waals surface area (Å²) in [5.41, 5.74) is 4.61. The van der Waals surface area contributed by atoms with E-state index in [0.29, 0.717) is 23.9 Å². The van der Waals surface area contributed by atoms with Crippen LogP contribution in [0.2, 0.25) is 0 Å². The maximum atomic E-state index is 11.7. The van der Waals surface area contributed by atoms with E-state index in [9.17, 15) is 4.79 Å². The van der Waals surface area contributed by atoms with Crippen LogP contribution in [0.1, 0.15) is 6.92 Å². The topological polar surface area (TPSA) is 41.6 Å². The van der Waals surface area contributed by atoms with E-state index in [-0.39, 0.29) is 5.97 Å². The molecule has 0 radical (unpaired) electrons. The van der Waals surface area contributed by atoms with E-state index in [1.165, 1.54) is 0 Å². The van der Waals surface area contributed by atoms with Gasteiger partial charge >= 0.3 is 5.97 Å². The van der Waals surface area contributed by atoms with Gasteiger partial charge in [0.25, 0.3) is 0 Å². The molecular weight excluding hydrogens is 264 g/mol. The Bertz CT molecular complexity index is 511. The lowest BCUT2D eigenvalue weighted by Crippen LogP contribution is -2.33. The summed E-state index contributed by atoms with van der Waals surface area (Å²) >= 11 is 6.11. The summed E-state index contributed by atoms with van der Waals surface area (Å²) in [5, 5.41) is 2.22. The molecule has 19 heavy (non-hydrogen) atoms. The molecule has 1 aromatic carbocycles. The van der Waals surface area contributed by atoms with E-state index in [0.717, 1.165) is 5.69 Å². The van der Waals surface area contributed by atoms with E-state index < -0.39 is 0 Å². The zero-order chi connectivity index (χ0) is 13.7. The predicted octanol–water partition coefficient (Wildman–Crippen LogP) is 2.90. The van der Waals surface area contributed by atoms with Gasteiger partial charge in [0.2, 0.25) is 0 Å². The van der Waals surface area contributed by atoms with Gasteiger partial charge in [-0.05, 0) is 31.2 Å². The lowest BCUT2D eigenvalue weighted by Gasteiger charge is -2.28. The van der Waals surface area contributed by atoms with E-state index in [2.05, 4.69) is 5.43 Å². The summed E-state index contributed by atoms with van der Waals surface area (Å²) in [5.74, 6) is -0.317. The molecule has 2 rings (SSSR count). The molecule has 0 aliphatic carbocycles. The second-order valence-electron chi connectivity index (χ2n) is 3.97. The third-order valence-electron chi connectivity index (χ3n) is 2.58. The number of rotatable bonds is 4. The summed E-state index contributed by atoms with van der Waals surface area (Å²) in [7, 11) is 0. The predicted molar refractivity (Wildman–Crippen MR) is 75.4 cm³/mol. The first-order valence-corrected chi connectivity index (χ1v) is 6.41. The van der Waals surface area contributed by atoms with Crippen molar-refractivity contribution in [3.63, 3.8) is 0 Å². The quantitative estimate of drug-likeness (QED) is 0.679. The number of nitrogens with zero attached hydrogens (tertiary/aromatic N) is 1. The Labute approximate surface area is 117 Å². The molecule has 0 saturated carbocycles. The zero-order valence-electron chi connectivity index (χ0n) is 10.6. The molecular formula is C14H15ClN2O2. The van der Waals surface area contributed by atoms with Crippen LogP contribution in [0.5, 0.6) is 0 Å². The number of benzene rings is 1. The molecule has 0 spiro atoms. The van der Waals surface area contributed by atoms with Crippen LogP contribution in [-0.2, 0) is 9.53 Å². The van der Waals surface area contributed by atoms with E-state index in [1.807, 2.05) is 30.3 Å². The molecule has 0 unspecified atom stereocenters. The Balaban J connectivity index is 2.06. The molecule has 0 amide bonds. The molecule has 0 bridgehead atoms. The number of hydrazine groups is 1. The van der Waals surface area contributed by atoms with Crippen LogP contribution in [0, 0.1) is 0 Å². The van der Waals surface area contributed by atoms with Gasteiger partial charge in [-0.1, -0.05) is 29.8 Å². The number of anilines is 1. The molecule has 5 heteroatoms.